The molecule has 2 aromatic heterocycles. The van der Waals surface area contributed by atoms with Gasteiger partial charge in [-0.25, -0.2) is 4.79 Å². The monoisotopic (exact) mass is 542 g/mol. The predicted octanol–water partition coefficient (Wildman–Crippen LogP) is 5.73. The van der Waals surface area contributed by atoms with Gasteiger partial charge in [-0.15, -0.1) is 21.5 Å². The molecule has 2 heterocycles. The van der Waals surface area contributed by atoms with Crippen LogP contribution in [0.1, 0.15) is 70.9 Å². The number of thiophene rings is 1. The van der Waals surface area contributed by atoms with E-state index in [2.05, 4.69) is 29.4 Å². The smallest absolute Gasteiger partial charge is 0.341 e. The molecule has 0 aliphatic heterocycles. The number of amides is 1. The van der Waals surface area contributed by atoms with Gasteiger partial charge >= 0.3 is 5.97 Å². The van der Waals surface area contributed by atoms with Crippen LogP contribution >= 0.6 is 23.1 Å². The fourth-order valence-electron chi connectivity index (χ4n) is 4.34. The topological polar surface area (TPSA) is 95.3 Å². The number of benzene rings is 1. The SMILES string of the molecule is CCOC(=O)c1c(NC(=O)CSc2nnc(COc3ccc(C)c(C)c3)n2CC)sc2c1CCCCC2. The van der Waals surface area contributed by atoms with E-state index in [-0.39, 0.29) is 17.6 Å². The van der Waals surface area contributed by atoms with E-state index in [9.17, 15) is 9.59 Å². The molecule has 0 saturated heterocycles. The van der Waals surface area contributed by atoms with Crippen LogP contribution in [0.2, 0.25) is 0 Å². The minimum absolute atomic E-state index is 0.154. The summed E-state index contributed by atoms with van der Waals surface area (Å²) in [6.07, 6.45) is 5.07. The van der Waals surface area contributed by atoms with E-state index in [1.165, 1.54) is 39.1 Å². The van der Waals surface area contributed by atoms with E-state index in [1.54, 1.807) is 6.92 Å². The molecule has 3 aromatic rings. The molecule has 1 aliphatic rings. The van der Waals surface area contributed by atoms with Gasteiger partial charge in [0.2, 0.25) is 5.91 Å². The largest absolute Gasteiger partial charge is 0.486 e. The molecule has 4 rings (SSSR count). The van der Waals surface area contributed by atoms with Crippen molar-refractivity contribution in [3.8, 4) is 5.75 Å². The average molecular weight is 543 g/mol. The van der Waals surface area contributed by atoms with E-state index in [0.29, 0.717) is 41.3 Å². The highest BCUT2D eigenvalue weighted by atomic mass is 32.2. The minimum Gasteiger partial charge on any atom is -0.486 e. The second-order valence-electron chi connectivity index (χ2n) is 9.00. The molecule has 1 amide bonds. The molecule has 0 unspecified atom stereocenters. The van der Waals surface area contributed by atoms with Gasteiger partial charge in [0.05, 0.1) is 17.9 Å². The number of hydrogen-bond acceptors (Lipinski definition) is 8. The van der Waals surface area contributed by atoms with Gasteiger partial charge in [-0.1, -0.05) is 24.2 Å². The Morgan fingerprint density at radius 3 is 2.68 bits per heavy atom. The average Bonchev–Trinajstić information content (AvgIpc) is 3.35. The standard InChI is InChI=1S/C27H34N4O4S2/c1-5-31-22(15-35-19-13-12-17(3)18(4)14-19)29-30-27(31)36-16-23(32)28-25-24(26(33)34-6-2)20-10-8-7-9-11-21(20)37-25/h12-14H,5-11,15-16H2,1-4H3,(H,28,32). The molecule has 0 atom stereocenters. The summed E-state index contributed by atoms with van der Waals surface area (Å²) in [7, 11) is 0. The van der Waals surface area contributed by atoms with E-state index in [0.717, 1.165) is 43.4 Å². The molecule has 1 N–H and O–H groups in total. The number of carbonyl (C=O) groups excluding carboxylic acids is 2. The molecule has 37 heavy (non-hydrogen) atoms. The lowest BCUT2D eigenvalue weighted by Gasteiger charge is -2.10. The number of aromatic nitrogens is 3. The first-order chi connectivity index (χ1) is 17.9. The highest BCUT2D eigenvalue weighted by Crippen LogP contribution is 2.38. The Morgan fingerprint density at radius 2 is 1.92 bits per heavy atom. The molecule has 1 aliphatic carbocycles. The molecule has 0 bridgehead atoms. The fourth-order valence-corrected chi connectivity index (χ4v) is 6.46. The maximum absolute atomic E-state index is 12.9. The molecular weight excluding hydrogens is 508 g/mol. The summed E-state index contributed by atoms with van der Waals surface area (Å²) >= 11 is 2.82. The predicted molar refractivity (Wildman–Crippen MR) is 147 cm³/mol. The van der Waals surface area contributed by atoms with Crippen LogP contribution in [0.3, 0.4) is 0 Å². The molecule has 198 valence electrons. The first kappa shape index (κ1) is 27.2. The third-order valence-electron chi connectivity index (χ3n) is 6.44. The zero-order valence-corrected chi connectivity index (χ0v) is 23.5. The number of anilines is 1. The van der Waals surface area contributed by atoms with Crippen molar-refractivity contribution in [3.05, 3.63) is 51.2 Å². The van der Waals surface area contributed by atoms with Gasteiger partial charge in [-0.3, -0.25) is 4.79 Å². The molecule has 0 radical (unpaired) electrons. The van der Waals surface area contributed by atoms with Crippen molar-refractivity contribution in [1.82, 2.24) is 14.8 Å². The number of ether oxygens (including phenoxy) is 2. The number of rotatable bonds is 10. The number of aryl methyl sites for hydroxylation is 3. The second-order valence-corrected chi connectivity index (χ2v) is 11.1. The Morgan fingerprint density at radius 1 is 1.11 bits per heavy atom. The summed E-state index contributed by atoms with van der Waals surface area (Å²) in [5, 5.41) is 12.8. The van der Waals surface area contributed by atoms with E-state index >= 15 is 0 Å². The van der Waals surface area contributed by atoms with Crippen molar-refractivity contribution in [3.63, 3.8) is 0 Å². The van der Waals surface area contributed by atoms with Crippen molar-refractivity contribution < 1.29 is 19.1 Å². The highest BCUT2D eigenvalue weighted by Gasteiger charge is 2.26. The van der Waals surface area contributed by atoms with Crippen LogP contribution in [0.4, 0.5) is 5.00 Å². The Labute approximate surface area is 226 Å². The molecule has 0 fully saturated rings. The maximum atomic E-state index is 12.9. The Hall–Kier alpha value is -2.85. The van der Waals surface area contributed by atoms with E-state index in [1.807, 2.05) is 29.7 Å². The number of thioether (sulfide) groups is 1. The van der Waals surface area contributed by atoms with Crippen LogP contribution in [0, 0.1) is 13.8 Å². The van der Waals surface area contributed by atoms with E-state index < -0.39 is 0 Å². The molecule has 1 aromatic carbocycles. The van der Waals surface area contributed by atoms with E-state index in [4.69, 9.17) is 9.47 Å². The highest BCUT2D eigenvalue weighted by molar-refractivity contribution is 7.99. The number of esters is 1. The number of nitrogens with zero attached hydrogens (tertiary/aromatic N) is 3. The number of fused-ring (bicyclic) bond motifs is 1. The lowest BCUT2D eigenvalue weighted by Crippen LogP contribution is -2.17. The van der Waals surface area contributed by atoms with Gasteiger partial charge < -0.3 is 19.4 Å². The lowest BCUT2D eigenvalue weighted by atomic mass is 10.1. The van der Waals surface area contributed by atoms with Crippen LogP contribution in [0.25, 0.3) is 0 Å². The summed E-state index contributed by atoms with van der Waals surface area (Å²) < 4.78 is 13.2. The molecule has 10 heteroatoms. The second kappa shape index (κ2) is 12.6. The molecule has 0 saturated carbocycles. The maximum Gasteiger partial charge on any atom is 0.341 e. The van der Waals surface area contributed by atoms with Crippen LogP contribution in [-0.4, -0.2) is 39.0 Å². The Kier molecular flexibility index (Phi) is 9.26. The van der Waals surface area contributed by atoms with Gasteiger partial charge in [-0.05, 0) is 82.2 Å². The summed E-state index contributed by atoms with van der Waals surface area (Å²) in [5.41, 5.74) is 3.96. The summed E-state index contributed by atoms with van der Waals surface area (Å²) in [6, 6.07) is 5.99. The van der Waals surface area contributed by atoms with Gasteiger partial charge in [0, 0.05) is 11.4 Å². The van der Waals surface area contributed by atoms with Crippen molar-refractivity contribution in [2.24, 2.45) is 0 Å². The molecule has 8 nitrogen and oxygen atoms in total. The normalized spacial score (nSPS) is 13.1. The third-order valence-corrected chi connectivity index (χ3v) is 8.62. The van der Waals surface area contributed by atoms with Crippen LogP contribution in [-0.2, 0) is 35.5 Å². The number of nitrogens with one attached hydrogen (secondary N) is 1. The van der Waals surface area contributed by atoms with Crippen molar-refractivity contribution in [1.29, 1.82) is 0 Å². The first-order valence-corrected chi connectivity index (χ1v) is 14.6. The van der Waals surface area contributed by atoms with Crippen molar-refractivity contribution >= 4 is 40.0 Å². The van der Waals surface area contributed by atoms with Gasteiger partial charge in [0.15, 0.2) is 11.0 Å². The van der Waals surface area contributed by atoms with Crippen molar-refractivity contribution in [2.45, 2.75) is 78.1 Å². The molecule has 0 spiro atoms. The van der Waals surface area contributed by atoms with Crippen molar-refractivity contribution in [2.75, 3.05) is 17.7 Å². The van der Waals surface area contributed by atoms with Gasteiger partial charge in [0.1, 0.15) is 17.4 Å². The summed E-state index contributed by atoms with van der Waals surface area (Å²) in [4.78, 5) is 26.9. The zero-order chi connectivity index (χ0) is 26.4. The number of hydrogen-bond donors (Lipinski definition) is 1. The first-order valence-electron chi connectivity index (χ1n) is 12.8. The van der Waals surface area contributed by atoms with Crippen LogP contribution in [0.15, 0.2) is 23.4 Å². The Balaban J connectivity index is 1.41. The Bertz CT molecular complexity index is 1270. The van der Waals surface area contributed by atoms with Gasteiger partial charge in [0.25, 0.3) is 0 Å². The minimum atomic E-state index is -0.357. The van der Waals surface area contributed by atoms with Gasteiger partial charge in [-0.2, -0.15) is 0 Å². The number of carbonyl (C=O) groups is 2. The van der Waals surface area contributed by atoms with Crippen LogP contribution < -0.4 is 10.1 Å². The molecular formula is C27H34N4O4S2. The zero-order valence-electron chi connectivity index (χ0n) is 21.9. The quantitative estimate of drug-likeness (QED) is 0.199. The van der Waals surface area contributed by atoms with Crippen LogP contribution in [0.5, 0.6) is 5.75 Å². The lowest BCUT2D eigenvalue weighted by molar-refractivity contribution is -0.113. The third kappa shape index (κ3) is 6.54. The summed E-state index contributed by atoms with van der Waals surface area (Å²) in [5.74, 6) is 1.10. The fraction of sp³-hybridized carbons (Fsp3) is 0.481. The summed E-state index contributed by atoms with van der Waals surface area (Å²) in [6.45, 7) is 9.18.